The molecule has 176 valence electrons. The predicted molar refractivity (Wildman–Crippen MR) is 114 cm³/mol. The molecule has 6 nitrogen and oxygen atoms in total. The van der Waals surface area contributed by atoms with Crippen LogP contribution in [0.5, 0.6) is 11.5 Å². The fourth-order valence-electron chi connectivity index (χ4n) is 3.34. The predicted octanol–water partition coefficient (Wildman–Crippen LogP) is 5.92. The number of aliphatic carboxylic acids is 1. The summed E-state index contributed by atoms with van der Waals surface area (Å²) in [6.07, 6.45) is -4.40. The van der Waals surface area contributed by atoms with Gasteiger partial charge in [-0.3, -0.25) is 4.79 Å². The lowest BCUT2D eigenvalue weighted by Gasteiger charge is -2.12. The third kappa shape index (κ3) is 6.50. The van der Waals surface area contributed by atoms with E-state index < -0.39 is 12.3 Å². The fourth-order valence-corrected chi connectivity index (χ4v) is 3.34. The van der Waals surface area contributed by atoms with Crippen molar-refractivity contribution in [3.05, 3.63) is 65.0 Å². The lowest BCUT2D eigenvalue weighted by molar-refractivity contribution is -0.274. The van der Waals surface area contributed by atoms with Crippen molar-refractivity contribution in [2.24, 2.45) is 0 Å². The minimum absolute atomic E-state index is 0.0368. The molecule has 0 unspecified atom stereocenters. The number of carbonyl (C=O) groups is 1. The van der Waals surface area contributed by atoms with E-state index in [4.69, 9.17) is 14.3 Å². The van der Waals surface area contributed by atoms with Crippen LogP contribution < -0.4 is 9.47 Å². The largest absolute Gasteiger partial charge is 0.573 e. The summed E-state index contributed by atoms with van der Waals surface area (Å²) in [5.74, 6) is 0.368. The number of alkyl halides is 3. The van der Waals surface area contributed by atoms with Crippen molar-refractivity contribution in [3.63, 3.8) is 0 Å². The average Bonchev–Trinajstić information content (AvgIpc) is 3.14. The summed E-state index contributed by atoms with van der Waals surface area (Å²) in [7, 11) is 0. The van der Waals surface area contributed by atoms with Gasteiger partial charge in [-0.05, 0) is 48.4 Å². The fraction of sp³-hybridized carbons (Fsp3) is 0.333. The number of oxazole rings is 1. The van der Waals surface area contributed by atoms with Gasteiger partial charge in [0.05, 0.1) is 18.7 Å². The number of carboxylic acid groups (broad SMARTS) is 1. The van der Waals surface area contributed by atoms with Crippen molar-refractivity contribution in [3.8, 4) is 23.0 Å². The summed E-state index contributed by atoms with van der Waals surface area (Å²) in [5.41, 5.74) is 2.67. The summed E-state index contributed by atoms with van der Waals surface area (Å²) >= 11 is 0. The van der Waals surface area contributed by atoms with Crippen LogP contribution in [0.4, 0.5) is 13.2 Å². The molecule has 9 heteroatoms. The minimum atomic E-state index is -4.76. The Morgan fingerprint density at radius 2 is 1.85 bits per heavy atom. The number of carboxylic acids is 1. The molecule has 1 aromatic heterocycles. The van der Waals surface area contributed by atoms with Gasteiger partial charge in [-0.15, -0.1) is 13.2 Å². The summed E-state index contributed by atoms with van der Waals surface area (Å²) < 4.78 is 52.8. The zero-order chi connectivity index (χ0) is 24.2. The number of hydrogen-bond donors (Lipinski definition) is 1. The third-order valence-electron chi connectivity index (χ3n) is 4.92. The average molecular weight is 463 g/mol. The maximum Gasteiger partial charge on any atom is 0.573 e. The van der Waals surface area contributed by atoms with Crippen molar-refractivity contribution in [2.75, 3.05) is 6.61 Å². The molecule has 0 saturated carbocycles. The minimum Gasteiger partial charge on any atom is -0.493 e. The zero-order valence-electron chi connectivity index (χ0n) is 18.4. The Hall–Kier alpha value is -3.49. The highest BCUT2D eigenvalue weighted by Crippen LogP contribution is 2.30. The molecule has 1 N–H and O–H groups in total. The Morgan fingerprint density at radius 1 is 1.15 bits per heavy atom. The van der Waals surface area contributed by atoms with E-state index in [-0.39, 0.29) is 18.1 Å². The highest BCUT2D eigenvalue weighted by atomic mass is 19.4. The third-order valence-corrected chi connectivity index (χ3v) is 4.92. The van der Waals surface area contributed by atoms with E-state index >= 15 is 0 Å². The summed E-state index contributed by atoms with van der Waals surface area (Å²) in [5, 5.41) is 9.03. The lowest BCUT2D eigenvalue weighted by Crippen LogP contribution is -2.16. The normalized spacial score (nSPS) is 11.6. The molecule has 1 heterocycles. The Kier molecular flexibility index (Phi) is 7.30. The van der Waals surface area contributed by atoms with Crippen LogP contribution in [0.2, 0.25) is 0 Å². The van der Waals surface area contributed by atoms with E-state index in [1.165, 1.54) is 24.3 Å². The molecule has 3 aromatic rings. The number of aromatic nitrogens is 1. The van der Waals surface area contributed by atoms with Gasteiger partial charge < -0.3 is 19.0 Å². The number of benzene rings is 2. The SMILES string of the molecule is Cc1c(CC(=O)O)cccc1OCCc1nc(-c2ccc(OC(F)(F)F)cc2)oc1C(C)C. The summed E-state index contributed by atoms with van der Waals surface area (Å²) in [6.45, 7) is 6.01. The van der Waals surface area contributed by atoms with E-state index in [9.17, 15) is 18.0 Å². The van der Waals surface area contributed by atoms with E-state index in [1.807, 2.05) is 20.8 Å². The molecule has 0 bridgehead atoms. The van der Waals surface area contributed by atoms with Crippen molar-refractivity contribution in [1.29, 1.82) is 0 Å². The maximum atomic E-state index is 12.4. The molecule has 0 amide bonds. The van der Waals surface area contributed by atoms with Gasteiger partial charge in [-0.2, -0.15) is 0 Å². The Bertz CT molecular complexity index is 1100. The number of ether oxygens (including phenoxy) is 2. The molecule has 0 saturated heterocycles. The van der Waals surface area contributed by atoms with Crippen LogP contribution in [0, 0.1) is 6.92 Å². The van der Waals surface area contributed by atoms with Gasteiger partial charge >= 0.3 is 12.3 Å². The molecule has 2 aromatic carbocycles. The molecule has 33 heavy (non-hydrogen) atoms. The molecule has 0 atom stereocenters. The van der Waals surface area contributed by atoms with Crippen LogP contribution in [-0.2, 0) is 17.6 Å². The van der Waals surface area contributed by atoms with Crippen LogP contribution in [0.25, 0.3) is 11.5 Å². The molecular formula is C24H24F3NO5. The molecule has 0 fully saturated rings. The summed E-state index contributed by atoms with van der Waals surface area (Å²) in [4.78, 5) is 15.5. The number of halogens is 3. The smallest absolute Gasteiger partial charge is 0.493 e. The number of rotatable bonds is 9. The number of hydrogen-bond acceptors (Lipinski definition) is 5. The van der Waals surface area contributed by atoms with Gasteiger partial charge in [-0.1, -0.05) is 26.0 Å². The lowest BCUT2D eigenvalue weighted by atomic mass is 10.0. The van der Waals surface area contributed by atoms with Crippen LogP contribution in [0.3, 0.4) is 0 Å². The van der Waals surface area contributed by atoms with Gasteiger partial charge in [0.25, 0.3) is 0 Å². The van der Waals surface area contributed by atoms with Gasteiger partial charge in [0.2, 0.25) is 5.89 Å². The van der Waals surface area contributed by atoms with Crippen molar-refractivity contribution >= 4 is 5.97 Å². The standard InChI is InChI=1S/C24H24F3NO5/c1-14(2)22-19(11-12-31-20-6-4-5-17(15(20)3)13-21(29)30)28-23(32-22)16-7-9-18(10-8-16)33-24(25,26)27/h4-10,14H,11-13H2,1-3H3,(H,29,30). The number of nitrogens with zero attached hydrogens (tertiary/aromatic N) is 1. The van der Waals surface area contributed by atoms with Gasteiger partial charge in [0, 0.05) is 17.9 Å². The molecule has 0 spiro atoms. The Balaban J connectivity index is 1.72. The van der Waals surface area contributed by atoms with Gasteiger partial charge in [-0.25, -0.2) is 4.98 Å². The molecule has 0 aliphatic heterocycles. The highest BCUT2D eigenvalue weighted by molar-refractivity contribution is 5.71. The molecular weight excluding hydrogens is 439 g/mol. The quantitative estimate of drug-likeness (QED) is 0.424. The first kappa shape index (κ1) is 24.2. The molecule has 0 aliphatic carbocycles. The molecule has 0 aliphatic rings. The van der Waals surface area contributed by atoms with Crippen molar-refractivity contribution in [2.45, 2.75) is 45.9 Å². The van der Waals surface area contributed by atoms with Crippen LogP contribution in [-0.4, -0.2) is 29.0 Å². The van der Waals surface area contributed by atoms with E-state index in [0.717, 1.165) is 5.56 Å². The second-order valence-corrected chi connectivity index (χ2v) is 7.77. The van der Waals surface area contributed by atoms with Crippen LogP contribution >= 0.6 is 0 Å². The highest BCUT2D eigenvalue weighted by Gasteiger charge is 2.31. The maximum absolute atomic E-state index is 12.4. The molecule has 0 radical (unpaired) electrons. The van der Waals surface area contributed by atoms with Crippen molar-refractivity contribution < 1.29 is 37.0 Å². The second kappa shape index (κ2) is 9.97. The topological polar surface area (TPSA) is 81.8 Å². The van der Waals surface area contributed by atoms with Gasteiger partial charge in [0.15, 0.2) is 0 Å². The Morgan fingerprint density at radius 3 is 2.45 bits per heavy atom. The second-order valence-electron chi connectivity index (χ2n) is 7.77. The zero-order valence-corrected chi connectivity index (χ0v) is 18.4. The van der Waals surface area contributed by atoms with Crippen LogP contribution in [0.15, 0.2) is 46.9 Å². The van der Waals surface area contributed by atoms with E-state index in [0.29, 0.717) is 47.2 Å². The molecule has 3 rings (SSSR count). The van der Waals surface area contributed by atoms with Crippen LogP contribution in [0.1, 0.15) is 42.3 Å². The first-order valence-electron chi connectivity index (χ1n) is 10.3. The van der Waals surface area contributed by atoms with E-state index in [1.54, 1.807) is 18.2 Å². The Labute approximate surface area is 189 Å². The van der Waals surface area contributed by atoms with Crippen molar-refractivity contribution in [1.82, 2.24) is 4.98 Å². The van der Waals surface area contributed by atoms with E-state index in [2.05, 4.69) is 9.72 Å². The first-order valence-corrected chi connectivity index (χ1v) is 10.3. The monoisotopic (exact) mass is 463 g/mol. The summed E-state index contributed by atoms with van der Waals surface area (Å²) in [6, 6.07) is 10.6. The van der Waals surface area contributed by atoms with Gasteiger partial charge in [0.1, 0.15) is 17.3 Å². The first-order chi connectivity index (χ1) is 15.5.